The molecular formula is C16H23FN2S. The summed E-state index contributed by atoms with van der Waals surface area (Å²) in [6, 6.07) is 4.66. The smallest absolute Gasteiger partial charge is 0.123 e. The van der Waals surface area contributed by atoms with Crippen molar-refractivity contribution >= 4 is 17.2 Å². The van der Waals surface area contributed by atoms with Gasteiger partial charge in [-0.2, -0.15) is 0 Å². The predicted molar refractivity (Wildman–Crippen MR) is 85.2 cm³/mol. The third-order valence-electron chi connectivity index (χ3n) is 4.64. The minimum atomic E-state index is -0.226. The molecule has 1 aliphatic rings. The molecule has 1 fully saturated rings. The first kappa shape index (κ1) is 15.4. The summed E-state index contributed by atoms with van der Waals surface area (Å²) < 4.78 is 13.4. The van der Waals surface area contributed by atoms with Gasteiger partial charge in [0, 0.05) is 12.1 Å². The third kappa shape index (κ3) is 3.55. The largest absolute Gasteiger partial charge is 0.389 e. The standard InChI is InChI=1S/C16H23FN2S/c1-3-16(2)6-8-19(9-7-16)11-12-10-13(17)4-5-14(12)15(18)20/h4-5,10H,3,6-9,11H2,1-2H3,(H2,18,20). The number of benzene rings is 1. The molecule has 0 spiro atoms. The number of halogens is 1. The molecule has 0 amide bonds. The zero-order valence-electron chi connectivity index (χ0n) is 12.3. The molecule has 1 heterocycles. The molecule has 1 saturated heterocycles. The molecule has 2 N–H and O–H groups in total. The maximum Gasteiger partial charge on any atom is 0.123 e. The van der Waals surface area contributed by atoms with Crippen LogP contribution in [-0.2, 0) is 6.54 Å². The second kappa shape index (κ2) is 6.19. The lowest BCUT2D eigenvalue weighted by Crippen LogP contribution is -2.38. The molecule has 1 aromatic carbocycles. The van der Waals surface area contributed by atoms with E-state index in [1.807, 2.05) is 0 Å². The number of nitrogens with two attached hydrogens (primary N) is 1. The molecule has 0 aliphatic carbocycles. The Labute approximate surface area is 126 Å². The highest BCUT2D eigenvalue weighted by Gasteiger charge is 2.28. The Morgan fingerprint density at radius 3 is 2.60 bits per heavy atom. The van der Waals surface area contributed by atoms with Crippen LogP contribution in [0, 0.1) is 11.2 Å². The van der Waals surface area contributed by atoms with Crippen molar-refractivity contribution in [3.8, 4) is 0 Å². The highest BCUT2D eigenvalue weighted by Crippen LogP contribution is 2.34. The van der Waals surface area contributed by atoms with Gasteiger partial charge in [-0.3, -0.25) is 4.90 Å². The van der Waals surface area contributed by atoms with Crippen LogP contribution in [0.3, 0.4) is 0 Å². The van der Waals surface area contributed by atoms with Crippen molar-refractivity contribution in [3.63, 3.8) is 0 Å². The van der Waals surface area contributed by atoms with Crippen molar-refractivity contribution in [2.45, 2.75) is 39.7 Å². The number of rotatable bonds is 4. The fourth-order valence-corrected chi connectivity index (χ4v) is 2.98. The van der Waals surface area contributed by atoms with Crippen LogP contribution in [0.1, 0.15) is 44.2 Å². The molecule has 0 radical (unpaired) electrons. The van der Waals surface area contributed by atoms with Crippen LogP contribution in [0.4, 0.5) is 4.39 Å². The van der Waals surface area contributed by atoms with Gasteiger partial charge in [-0.05, 0) is 55.1 Å². The first-order chi connectivity index (χ1) is 9.43. The van der Waals surface area contributed by atoms with E-state index >= 15 is 0 Å². The first-order valence-corrected chi connectivity index (χ1v) is 7.65. The summed E-state index contributed by atoms with van der Waals surface area (Å²) >= 11 is 5.05. The Hall–Kier alpha value is -1.00. The zero-order valence-corrected chi connectivity index (χ0v) is 13.1. The fraction of sp³-hybridized carbons (Fsp3) is 0.562. The van der Waals surface area contributed by atoms with Crippen molar-refractivity contribution in [1.29, 1.82) is 0 Å². The highest BCUT2D eigenvalue weighted by molar-refractivity contribution is 7.80. The zero-order chi connectivity index (χ0) is 14.8. The summed E-state index contributed by atoms with van der Waals surface area (Å²) in [5.74, 6) is -0.226. The lowest BCUT2D eigenvalue weighted by Gasteiger charge is -2.39. The lowest BCUT2D eigenvalue weighted by molar-refractivity contribution is 0.109. The third-order valence-corrected chi connectivity index (χ3v) is 4.86. The Kier molecular flexibility index (Phi) is 4.76. The summed E-state index contributed by atoms with van der Waals surface area (Å²) in [6.07, 6.45) is 3.61. The minimum Gasteiger partial charge on any atom is -0.389 e. The minimum absolute atomic E-state index is 0.226. The molecule has 1 aromatic rings. The molecule has 0 unspecified atom stereocenters. The van der Waals surface area contributed by atoms with Crippen molar-refractivity contribution in [1.82, 2.24) is 4.90 Å². The molecule has 0 aromatic heterocycles. The van der Waals surface area contributed by atoms with Crippen LogP contribution in [0.5, 0.6) is 0 Å². The number of hydrogen-bond donors (Lipinski definition) is 1. The van der Waals surface area contributed by atoms with E-state index in [1.54, 1.807) is 12.1 Å². The van der Waals surface area contributed by atoms with Crippen LogP contribution in [0.15, 0.2) is 18.2 Å². The van der Waals surface area contributed by atoms with E-state index in [4.69, 9.17) is 18.0 Å². The van der Waals surface area contributed by atoms with E-state index in [0.717, 1.165) is 30.8 Å². The highest BCUT2D eigenvalue weighted by atomic mass is 32.1. The topological polar surface area (TPSA) is 29.3 Å². The van der Waals surface area contributed by atoms with Crippen molar-refractivity contribution in [3.05, 3.63) is 35.1 Å². The van der Waals surface area contributed by atoms with Crippen molar-refractivity contribution < 1.29 is 4.39 Å². The SMILES string of the molecule is CCC1(C)CCN(Cc2cc(F)ccc2C(N)=S)CC1. The van der Waals surface area contributed by atoms with E-state index in [2.05, 4.69) is 18.7 Å². The molecule has 0 atom stereocenters. The molecule has 1 aliphatic heterocycles. The molecule has 2 nitrogen and oxygen atoms in total. The van der Waals surface area contributed by atoms with Gasteiger partial charge in [-0.1, -0.05) is 32.5 Å². The van der Waals surface area contributed by atoms with Crippen LogP contribution in [0.2, 0.25) is 0 Å². The summed E-state index contributed by atoms with van der Waals surface area (Å²) in [5.41, 5.74) is 7.88. The molecular weight excluding hydrogens is 271 g/mol. The maximum atomic E-state index is 13.4. The van der Waals surface area contributed by atoms with E-state index in [9.17, 15) is 4.39 Å². The van der Waals surface area contributed by atoms with E-state index in [1.165, 1.54) is 25.3 Å². The van der Waals surface area contributed by atoms with E-state index in [0.29, 0.717) is 10.4 Å². The fourth-order valence-electron chi connectivity index (χ4n) is 2.78. The summed E-state index contributed by atoms with van der Waals surface area (Å²) in [6.45, 7) is 7.44. The summed E-state index contributed by atoms with van der Waals surface area (Å²) in [4.78, 5) is 2.71. The van der Waals surface area contributed by atoms with E-state index in [-0.39, 0.29) is 5.82 Å². The van der Waals surface area contributed by atoms with Gasteiger partial charge < -0.3 is 5.73 Å². The predicted octanol–water partition coefficient (Wildman–Crippen LogP) is 3.47. The number of nitrogens with zero attached hydrogens (tertiary/aromatic N) is 1. The number of piperidine rings is 1. The Morgan fingerprint density at radius 2 is 2.05 bits per heavy atom. The van der Waals surface area contributed by atoms with Crippen LogP contribution < -0.4 is 5.73 Å². The van der Waals surface area contributed by atoms with Crippen molar-refractivity contribution in [2.75, 3.05) is 13.1 Å². The second-order valence-corrected chi connectivity index (χ2v) is 6.55. The Balaban J connectivity index is 2.08. The summed E-state index contributed by atoms with van der Waals surface area (Å²) in [7, 11) is 0. The van der Waals surface area contributed by atoms with Gasteiger partial charge in [0.2, 0.25) is 0 Å². The van der Waals surface area contributed by atoms with Crippen LogP contribution in [0.25, 0.3) is 0 Å². The molecule has 20 heavy (non-hydrogen) atoms. The normalized spacial score (nSPS) is 18.9. The second-order valence-electron chi connectivity index (χ2n) is 6.11. The quantitative estimate of drug-likeness (QED) is 0.862. The Bertz CT molecular complexity index is 493. The first-order valence-electron chi connectivity index (χ1n) is 7.24. The van der Waals surface area contributed by atoms with Crippen molar-refractivity contribution in [2.24, 2.45) is 11.1 Å². The summed E-state index contributed by atoms with van der Waals surface area (Å²) in [5, 5.41) is 0. The van der Waals surface area contributed by atoms with Gasteiger partial charge in [-0.15, -0.1) is 0 Å². The van der Waals surface area contributed by atoms with Gasteiger partial charge in [-0.25, -0.2) is 4.39 Å². The van der Waals surface area contributed by atoms with E-state index < -0.39 is 0 Å². The molecule has 0 saturated carbocycles. The molecule has 2 rings (SSSR count). The maximum absolute atomic E-state index is 13.4. The number of thiocarbonyl (C=S) groups is 1. The molecule has 4 heteroatoms. The monoisotopic (exact) mass is 294 g/mol. The van der Waals surface area contributed by atoms with Gasteiger partial charge in [0.15, 0.2) is 0 Å². The van der Waals surface area contributed by atoms with Crippen LogP contribution >= 0.6 is 12.2 Å². The Morgan fingerprint density at radius 1 is 1.40 bits per heavy atom. The van der Waals surface area contributed by atoms with Gasteiger partial charge in [0.1, 0.15) is 10.8 Å². The number of hydrogen-bond acceptors (Lipinski definition) is 2. The average molecular weight is 294 g/mol. The number of likely N-dealkylation sites (tertiary alicyclic amines) is 1. The van der Waals surface area contributed by atoms with Crippen LogP contribution in [-0.4, -0.2) is 23.0 Å². The van der Waals surface area contributed by atoms with Gasteiger partial charge in [0.25, 0.3) is 0 Å². The average Bonchev–Trinajstić information content (AvgIpc) is 2.41. The molecule has 0 bridgehead atoms. The molecule has 110 valence electrons. The lowest BCUT2D eigenvalue weighted by atomic mass is 9.78. The van der Waals surface area contributed by atoms with Gasteiger partial charge in [0.05, 0.1) is 0 Å². The van der Waals surface area contributed by atoms with Gasteiger partial charge >= 0.3 is 0 Å².